The van der Waals surface area contributed by atoms with Crippen LogP contribution in [0.25, 0.3) is 22.2 Å². The summed E-state index contributed by atoms with van der Waals surface area (Å²) in [6.07, 6.45) is 4.41. The van der Waals surface area contributed by atoms with Crippen LogP contribution >= 0.6 is 0 Å². The van der Waals surface area contributed by atoms with Crippen molar-refractivity contribution in [3.05, 3.63) is 60.4 Å². The van der Waals surface area contributed by atoms with Gasteiger partial charge in [-0.2, -0.15) is 0 Å². The molecule has 0 spiro atoms. The maximum absolute atomic E-state index is 12.9. The van der Waals surface area contributed by atoms with Gasteiger partial charge >= 0.3 is 0 Å². The van der Waals surface area contributed by atoms with E-state index in [1.54, 1.807) is 12.4 Å². The third kappa shape index (κ3) is 4.35. The van der Waals surface area contributed by atoms with Crippen molar-refractivity contribution < 1.29 is 9.53 Å². The van der Waals surface area contributed by atoms with Crippen LogP contribution in [0.2, 0.25) is 0 Å². The van der Waals surface area contributed by atoms with Gasteiger partial charge in [-0.15, -0.1) is 0 Å². The van der Waals surface area contributed by atoms with Crippen molar-refractivity contribution in [2.75, 3.05) is 39.4 Å². The van der Waals surface area contributed by atoms with Crippen molar-refractivity contribution in [1.82, 2.24) is 20.2 Å². The van der Waals surface area contributed by atoms with E-state index in [1.165, 1.54) is 0 Å². The molecule has 1 aliphatic heterocycles. The first kappa shape index (κ1) is 18.5. The maximum atomic E-state index is 12.9. The topological polar surface area (TPSA) is 67.4 Å². The molecule has 0 bridgehead atoms. The van der Waals surface area contributed by atoms with Crippen LogP contribution in [0.4, 0.5) is 0 Å². The Kier molecular flexibility index (Phi) is 5.89. The van der Waals surface area contributed by atoms with E-state index in [4.69, 9.17) is 9.72 Å². The Bertz CT molecular complexity index is 940. The van der Waals surface area contributed by atoms with Crippen LogP contribution in [0.1, 0.15) is 16.8 Å². The molecule has 1 aliphatic rings. The molecule has 4 rings (SSSR count). The van der Waals surface area contributed by atoms with E-state index in [9.17, 15) is 4.79 Å². The standard InChI is InChI=1S/C22H24N4O2/c27-22(24-9-4-10-26-11-13-28-14-12-26)19-15-21(17-5-3-8-23-16-17)25-20-7-2-1-6-18(19)20/h1-3,5-8,15-16H,4,9-14H2,(H,24,27). The van der Waals surface area contributed by atoms with E-state index in [0.717, 1.165) is 61.4 Å². The highest BCUT2D eigenvalue weighted by atomic mass is 16.5. The number of hydrogen-bond donors (Lipinski definition) is 1. The lowest BCUT2D eigenvalue weighted by molar-refractivity contribution is 0.0374. The number of para-hydroxylation sites is 1. The first-order valence-corrected chi connectivity index (χ1v) is 9.70. The molecular weight excluding hydrogens is 352 g/mol. The summed E-state index contributed by atoms with van der Waals surface area (Å²) in [6, 6.07) is 13.4. The Morgan fingerprint density at radius 1 is 1.14 bits per heavy atom. The first-order chi connectivity index (χ1) is 13.8. The van der Waals surface area contributed by atoms with Gasteiger partial charge in [-0.25, -0.2) is 4.98 Å². The average Bonchev–Trinajstić information content (AvgIpc) is 2.77. The smallest absolute Gasteiger partial charge is 0.252 e. The van der Waals surface area contributed by atoms with Crippen LogP contribution in [0.3, 0.4) is 0 Å². The number of fused-ring (bicyclic) bond motifs is 1. The zero-order valence-corrected chi connectivity index (χ0v) is 15.8. The number of morpholine rings is 1. The van der Waals surface area contributed by atoms with Crippen LogP contribution in [0, 0.1) is 0 Å². The fraction of sp³-hybridized carbons (Fsp3) is 0.318. The number of nitrogens with one attached hydrogen (secondary N) is 1. The number of hydrogen-bond acceptors (Lipinski definition) is 5. The second kappa shape index (κ2) is 8.91. The van der Waals surface area contributed by atoms with Gasteiger partial charge in [0.2, 0.25) is 0 Å². The summed E-state index contributed by atoms with van der Waals surface area (Å²) >= 11 is 0. The molecule has 2 aromatic heterocycles. The zero-order chi connectivity index (χ0) is 19.2. The molecule has 144 valence electrons. The minimum atomic E-state index is -0.0642. The highest BCUT2D eigenvalue weighted by molar-refractivity contribution is 6.07. The monoisotopic (exact) mass is 376 g/mol. The third-order valence-electron chi connectivity index (χ3n) is 4.96. The van der Waals surface area contributed by atoms with Gasteiger partial charge in [-0.05, 0) is 37.2 Å². The average molecular weight is 376 g/mol. The summed E-state index contributed by atoms with van der Waals surface area (Å²) in [4.78, 5) is 24.2. The number of rotatable bonds is 6. The molecule has 3 aromatic rings. The summed E-state index contributed by atoms with van der Waals surface area (Å²) in [7, 11) is 0. The van der Waals surface area contributed by atoms with Crippen LogP contribution < -0.4 is 5.32 Å². The number of amides is 1. The number of benzene rings is 1. The van der Waals surface area contributed by atoms with Crippen molar-refractivity contribution in [3.8, 4) is 11.3 Å². The SMILES string of the molecule is O=C(NCCCN1CCOCC1)c1cc(-c2cccnc2)nc2ccccc12. The van der Waals surface area contributed by atoms with Crippen molar-refractivity contribution in [2.45, 2.75) is 6.42 Å². The molecule has 6 nitrogen and oxygen atoms in total. The Labute approximate surface area is 164 Å². The minimum absolute atomic E-state index is 0.0642. The predicted octanol–water partition coefficient (Wildman–Crippen LogP) is 2.75. The van der Waals surface area contributed by atoms with Crippen molar-refractivity contribution >= 4 is 16.8 Å². The molecule has 0 saturated carbocycles. The van der Waals surface area contributed by atoms with E-state index >= 15 is 0 Å². The van der Waals surface area contributed by atoms with Crippen LogP contribution in [-0.2, 0) is 4.74 Å². The Morgan fingerprint density at radius 2 is 2.00 bits per heavy atom. The molecule has 1 aromatic carbocycles. The van der Waals surface area contributed by atoms with Crippen molar-refractivity contribution in [3.63, 3.8) is 0 Å². The Morgan fingerprint density at radius 3 is 2.82 bits per heavy atom. The minimum Gasteiger partial charge on any atom is -0.379 e. The van der Waals surface area contributed by atoms with E-state index in [0.29, 0.717) is 12.1 Å². The van der Waals surface area contributed by atoms with Gasteiger partial charge in [0.25, 0.3) is 5.91 Å². The largest absolute Gasteiger partial charge is 0.379 e. The lowest BCUT2D eigenvalue weighted by atomic mass is 10.0. The molecule has 1 fully saturated rings. The summed E-state index contributed by atoms with van der Waals surface area (Å²) < 4.78 is 5.37. The van der Waals surface area contributed by atoms with Gasteiger partial charge in [0.05, 0.1) is 30.0 Å². The number of nitrogens with zero attached hydrogens (tertiary/aromatic N) is 3. The number of ether oxygens (including phenoxy) is 1. The molecule has 0 atom stereocenters. The number of pyridine rings is 2. The molecule has 1 amide bonds. The van der Waals surface area contributed by atoms with Gasteiger partial charge in [-0.1, -0.05) is 18.2 Å². The quantitative estimate of drug-likeness (QED) is 0.670. The van der Waals surface area contributed by atoms with Gasteiger partial charge in [-0.3, -0.25) is 14.7 Å². The lowest BCUT2D eigenvalue weighted by Gasteiger charge is -2.26. The molecular formula is C22H24N4O2. The van der Waals surface area contributed by atoms with Crippen LogP contribution in [0.5, 0.6) is 0 Å². The summed E-state index contributed by atoms with van der Waals surface area (Å²) in [6.45, 7) is 5.16. The van der Waals surface area contributed by atoms with E-state index < -0.39 is 0 Å². The normalized spacial score (nSPS) is 14.9. The summed E-state index contributed by atoms with van der Waals surface area (Å²) in [5, 5.41) is 3.93. The van der Waals surface area contributed by atoms with Crippen LogP contribution in [0.15, 0.2) is 54.9 Å². The van der Waals surface area contributed by atoms with Gasteiger partial charge in [0.1, 0.15) is 0 Å². The van der Waals surface area contributed by atoms with E-state index in [1.807, 2.05) is 42.5 Å². The molecule has 1 saturated heterocycles. The summed E-state index contributed by atoms with van der Waals surface area (Å²) in [5.74, 6) is -0.0642. The first-order valence-electron chi connectivity index (χ1n) is 9.70. The third-order valence-corrected chi connectivity index (χ3v) is 4.96. The Balaban J connectivity index is 1.49. The molecule has 0 aliphatic carbocycles. The van der Waals surface area contributed by atoms with Crippen molar-refractivity contribution in [1.29, 1.82) is 0 Å². The van der Waals surface area contributed by atoms with E-state index in [-0.39, 0.29) is 5.91 Å². The summed E-state index contributed by atoms with van der Waals surface area (Å²) in [5.41, 5.74) is 3.11. The fourth-order valence-electron chi connectivity index (χ4n) is 3.45. The second-order valence-electron chi connectivity index (χ2n) is 6.88. The van der Waals surface area contributed by atoms with E-state index in [2.05, 4.69) is 15.2 Å². The Hall–Kier alpha value is -2.83. The number of aromatic nitrogens is 2. The van der Waals surface area contributed by atoms with Crippen LogP contribution in [-0.4, -0.2) is 60.2 Å². The molecule has 0 radical (unpaired) electrons. The predicted molar refractivity (Wildman–Crippen MR) is 109 cm³/mol. The molecule has 3 heterocycles. The zero-order valence-electron chi connectivity index (χ0n) is 15.8. The highest BCUT2D eigenvalue weighted by Gasteiger charge is 2.14. The fourth-order valence-corrected chi connectivity index (χ4v) is 3.45. The second-order valence-corrected chi connectivity index (χ2v) is 6.88. The van der Waals surface area contributed by atoms with Gasteiger partial charge in [0.15, 0.2) is 0 Å². The molecule has 28 heavy (non-hydrogen) atoms. The number of carbonyl (C=O) groups is 1. The maximum Gasteiger partial charge on any atom is 0.252 e. The highest BCUT2D eigenvalue weighted by Crippen LogP contribution is 2.24. The molecule has 1 N–H and O–H groups in total. The van der Waals surface area contributed by atoms with Gasteiger partial charge < -0.3 is 10.1 Å². The molecule has 0 unspecified atom stereocenters. The molecule has 6 heteroatoms. The number of carbonyl (C=O) groups excluding carboxylic acids is 1. The van der Waals surface area contributed by atoms with Gasteiger partial charge in [0, 0.05) is 43.0 Å². The lowest BCUT2D eigenvalue weighted by Crippen LogP contribution is -2.38. The van der Waals surface area contributed by atoms with Crippen molar-refractivity contribution in [2.24, 2.45) is 0 Å².